The number of amides is 2. The van der Waals surface area contributed by atoms with E-state index in [0.29, 0.717) is 19.6 Å². The molecule has 0 spiro atoms. The molecule has 11 heteroatoms. The van der Waals surface area contributed by atoms with Gasteiger partial charge in [-0.25, -0.2) is 9.37 Å². The lowest BCUT2D eigenvalue weighted by Crippen LogP contribution is -2.58. The first-order chi connectivity index (χ1) is 16.5. The van der Waals surface area contributed by atoms with Crippen LogP contribution in [0.2, 0.25) is 5.02 Å². The average molecular weight is 507 g/mol. The highest BCUT2D eigenvalue weighted by molar-refractivity contribution is 6.30. The maximum absolute atomic E-state index is 13.2. The molecule has 0 saturated carbocycles. The topological polar surface area (TPSA) is 126 Å². The number of nitrogens with zero attached hydrogens (tertiary/aromatic N) is 3. The zero-order chi connectivity index (χ0) is 25.7. The van der Waals surface area contributed by atoms with Crippen LogP contribution in [0.3, 0.4) is 0 Å². The van der Waals surface area contributed by atoms with Gasteiger partial charge in [0.05, 0.1) is 10.9 Å². The van der Waals surface area contributed by atoms with Crippen LogP contribution >= 0.6 is 11.6 Å². The van der Waals surface area contributed by atoms with Gasteiger partial charge < -0.3 is 20.5 Å². The summed E-state index contributed by atoms with van der Waals surface area (Å²) in [6, 6.07) is 7.64. The summed E-state index contributed by atoms with van der Waals surface area (Å²) in [7, 11) is 0. The van der Waals surface area contributed by atoms with E-state index in [0.717, 1.165) is 5.56 Å². The number of aliphatic carboxylic acids is 1. The monoisotopic (exact) mass is 506 g/mol. The highest BCUT2D eigenvalue weighted by Gasteiger charge is 2.33. The number of nitrogens with two attached hydrogens (primary N) is 1. The van der Waals surface area contributed by atoms with Crippen molar-refractivity contribution in [3.8, 4) is 5.88 Å². The van der Waals surface area contributed by atoms with Crippen LogP contribution in [0.4, 0.5) is 4.39 Å². The summed E-state index contributed by atoms with van der Waals surface area (Å²) in [5.74, 6) is -4.06. The maximum atomic E-state index is 13.2. The molecule has 1 aliphatic rings. The number of piperazine rings is 1. The first-order valence-corrected chi connectivity index (χ1v) is 11.5. The number of pyridine rings is 1. The minimum Gasteiger partial charge on any atom is -0.481 e. The molecule has 3 N–H and O–H groups in total. The lowest BCUT2D eigenvalue weighted by Gasteiger charge is -2.44. The van der Waals surface area contributed by atoms with Gasteiger partial charge in [0.2, 0.25) is 11.8 Å². The number of carbonyl (C=O) groups is 3. The van der Waals surface area contributed by atoms with Gasteiger partial charge in [0.1, 0.15) is 5.82 Å². The molecule has 1 aromatic heterocycles. The third kappa shape index (κ3) is 6.89. The van der Waals surface area contributed by atoms with Gasteiger partial charge in [-0.1, -0.05) is 23.7 Å². The molecule has 3 rings (SSSR count). The Hall–Kier alpha value is -3.24. The predicted molar refractivity (Wildman–Crippen MR) is 126 cm³/mol. The Balaban J connectivity index is 1.66. The number of benzene rings is 1. The largest absolute Gasteiger partial charge is 0.481 e. The van der Waals surface area contributed by atoms with Crippen LogP contribution in [0.15, 0.2) is 36.5 Å². The summed E-state index contributed by atoms with van der Waals surface area (Å²) >= 11 is 5.98. The fraction of sp³-hybridized carbons (Fsp3) is 0.417. The summed E-state index contributed by atoms with van der Waals surface area (Å²) in [5.41, 5.74) is 6.25. The van der Waals surface area contributed by atoms with E-state index in [9.17, 15) is 23.9 Å². The van der Waals surface area contributed by atoms with Crippen molar-refractivity contribution >= 4 is 29.4 Å². The number of hydrogen-bond donors (Lipinski definition) is 2. The number of carbonyl (C=O) groups excluding carboxylic acids is 2. The van der Waals surface area contributed by atoms with Gasteiger partial charge in [-0.15, -0.1) is 0 Å². The number of hydrogen-bond acceptors (Lipinski definition) is 6. The molecule has 1 unspecified atom stereocenters. The van der Waals surface area contributed by atoms with Crippen LogP contribution in [0.5, 0.6) is 5.88 Å². The van der Waals surface area contributed by atoms with Gasteiger partial charge >= 0.3 is 5.97 Å². The van der Waals surface area contributed by atoms with Crippen molar-refractivity contribution < 1.29 is 28.6 Å². The molecule has 9 nitrogen and oxygen atoms in total. The highest BCUT2D eigenvalue weighted by Crippen LogP contribution is 2.30. The highest BCUT2D eigenvalue weighted by atomic mass is 35.5. The molecule has 35 heavy (non-hydrogen) atoms. The second-order valence-electron chi connectivity index (χ2n) is 8.70. The van der Waals surface area contributed by atoms with E-state index in [2.05, 4.69) is 9.88 Å². The zero-order valence-electron chi connectivity index (χ0n) is 19.5. The zero-order valence-corrected chi connectivity index (χ0v) is 20.2. The van der Waals surface area contributed by atoms with E-state index in [1.807, 2.05) is 13.8 Å². The van der Waals surface area contributed by atoms with Crippen molar-refractivity contribution in [2.45, 2.75) is 44.8 Å². The van der Waals surface area contributed by atoms with Gasteiger partial charge in [-0.3, -0.25) is 19.3 Å². The van der Waals surface area contributed by atoms with Gasteiger partial charge in [-0.05, 0) is 37.6 Å². The molecule has 1 aliphatic heterocycles. The van der Waals surface area contributed by atoms with Crippen molar-refractivity contribution in [1.29, 1.82) is 0 Å². The van der Waals surface area contributed by atoms with Crippen LogP contribution in [0.1, 0.15) is 37.3 Å². The van der Waals surface area contributed by atoms with E-state index in [1.165, 1.54) is 24.4 Å². The third-order valence-corrected chi connectivity index (χ3v) is 6.20. The molecule has 3 atom stereocenters. The van der Waals surface area contributed by atoms with Gasteiger partial charge in [0, 0.05) is 49.9 Å². The summed E-state index contributed by atoms with van der Waals surface area (Å²) in [6.07, 6.45) is 0.805. The van der Waals surface area contributed by atoms with Crippen molar-refractivity contribution in [3.63, 3.8) is 0 Å². The number of rotatable bonds is 9. The molecule has 2 amide bonds. The number of aromatic nitrogens is 1. The lowest BCUT2D eigenvalue weighted by molar-refractivity contribution is -0.140. The smallest absolute Gasteiger partial charge is 0.311 e. The quantitative estimate of drug-likeness (QED) is 0.534. The second kappa shape index (κ2) is 11.5. The number of halogens is 2. The minimum atomic E-state index is -1.31. The van der Waals surface area contributed by atoms with E-state index in [1.54, 1.807) is 17.0 Å². The Bertz CT molecular complexity index is 1080. The van der Waals surface area contributed by atoms with Crippen molar-refractivity contribution in [2.24, 2.45) is 5.73 Å². The van der Waals surface area contributed by atoms with Crippen LogP contribution in [-0.2, 0) is 20.9 Å². The van der Waals surface area contributed by atoms with Crippen LogP contribution in [-0.4, -0.2) is 69.5 Å². The number of ether oxygens (including phenoxy) is 1. The summed E-state index contributed by atoms with van der Waals surface area (Å²) in [4.78, 5) is 44.0. The van der Waals surface area contributed by atoms with Gasteiger partial charge in [-0.2, -0.15) is 0 Å². The predicted octanol–water partition coefficient (Wildman–Crippen LogP) is 2.42. The Morgan fingerprint density at radius 2 is 1.91 bits per heavy atom. The minimum absolute atomic E-state index is 0.0522. The fourth-order valence-electron chi connectivity index (χ4n) is 4.15. The molecular weight excluding hydrogens is 479 g/mol. The second-order valence-corrected chi connectivity index (χ2v) is 9.13. The molecule has 1 saturated heterocycles. The Labute approximate surface area is 207 Å². The van der Waals surface area contributed by atoms with E-state index in [4.69, 9.17) is 22.1 Å². The number of carboxylic acid groups (broad SMARTS) is 1. The molecule has 2 aromatic rings. The Kier molecular flexibility index (Phi) is 8.63. The van der Waals surface area contributed by atoms with Crippen LogP contribution in [0.25, 0.3) is 0 Å². The average Bonchev–Trinajstić information content (AvgIpc) is 2.79. The van der Waals surface area contributed by atoms with Crippen molar-refractivity contribution in [1.82, 2.24) is 14.8 Å². The lowest BCUT2D eigenvalue weighted by atomic mass is 9.96. The number of carboxylic acids is 1. The first kappa shape index (κ1) is 26.4. The summed E-state index contributed by atoms with van der Waals surface area (Å²) in [5, 5.41) is 9.71. The van der Waals surface area contributed by atoms with E-state index < -0.39 is 24.2 Å². The van der Waals surface area contributed by atoms with Gasteiger partial charge in [0.15, 0.2) is 6.61 Å². The fourth-order valence-corrected chi connectivity index (χ4v) is 4.31. The molecular formula is C24H28ClFN4O5. The van der Waals surface area contributed by atoms with Crippen molar-refractivity contribution in [3.05, 3.63) is 58.5 Å². The van der Waals surface area contributed by atoms with E-state index >= 15 is 0 Å². The molecule has 2 heterocycles. The molecule has 188 valence electrons. The third-order valence-electron chi connectivity index (χ3n) is 5.99. The molecule has 0 bridgehead atoms. The Morgan fingerprint density at radius 1 is 1.23 bits per heavy atom. The molecule has 1 fully saturated rings. The summed E-state index contributed by atoms with van der Waals surface area (Å²) in [6.45, 7) is 5.30. The standard InChI is InChI=1S/C24H28ClFN4O5/c1-14-11-30(15(2)10-29(14)12-16-3-5-18(26)6-4-16)22(32)13-35-23-19(7-17(25)9-28-23)20(24(33)34)8-21(27)31/h3-7,9,14-15,20H,8,10-13H2,1-2H3,(H2,27,31)(H,33,34)/t14-,15+,20?/m0/s1. The number of primary amides is 1. The maximum Gasteiger partial charge on any atom is 0.311 e. The van der Waals surface area contributed by atoms with Crippen LogP contribution < -0.4 is 10.5 Å². The SMILES string of the molecule is C[C@@H]1CN(Cc2ccc(F)cc2)[C@@H](C)CN1C(=O)COc1ncc(Cl)cc1C(CC(N)=O)C(=O)O. The molecule has 0 aliphatic carbocycles. The van der Waals surface area contributed by atoms with Gasteiger partial charge in [0.25, 0.3) is 5.91 Å². The van der Waals surface area contributed by atoms with Crippen LogP contribution in [0, 0.1) is 5.82 Å². The molecule has 0 radical (unpaired) electrons. The molecule has 1 aromatic carbocycles. The first-order valence-electron chi connectivity index (χ1n) is 11.1. The normalized spacial score (nSPS) is 19.3. The summed E-state index contributed by atoms with van der Waals surface area (Å²) < 4.78 is 18.8. The van der Waals surface area contributed by atoms with Crippen molar-refractivity contribution in [2.75, 3.05) is 19.7 Å². The van der Waals surface area contributed by atoms with E-state index in [-0.39, 0.29) is 46.9 Å². The Morgan fingerprint density at radius 3 is 2.54 bits per heavy atom.